The summed E-state index contributed by atoms with van der Waals surface area (Å²) < 4.78 is 9.79. The fourth-order valence-corrected chi connectivity index (χ4v) is 4.70. The summed E-state index contributed by atoms with van der Waals surface area (Å²) in [6, 6.07) is 6.86. The molecule has 0 saturated carbocycles. The lowest BCUT2D eigenvalue weighted by molar-refractivity contribution is 0.0500. The van der Waals surface area contributed by atoms with Crippen LogP contribution < -0.4 is 21.5 Å². The van der Waals surface area contributed by atoms with Gasteiger partial charge in [-0.15, -0.1) is 5.92 Å². The Morgan fingerprint density at radius 3 is 2.58 bits per heavy atom. The van der Waals surface area contributed by atoms with E-state index in [0.29, 0.717) is 35.2 Å². The molecular formula is C27H33ClN6O4. The highest BCUT2D eigenvalue weighted by Gasteiger charge is 2.29. The lowest BCUT2D eigenvalue weighted by atomic mass is 10.1. The molecule has 1 amide bonds. The van der Waals surface area contributed by atoms with Gasteiger partial charge in [-0.3, -0.25) is 18.5 Å². The van der Waals surface area contributed by atoms with Gasteiger partial charge >= 0.3 is 11.8 Å². The number of carbonyl (C=O) groups is 1. The van der Waals surface area contributed by atoms with E-state index >= 15 is 0 Å². The Hall–Kier alpha value is -3.71. The zero-order valence-corrected chi connectivity index (χ0v) is 23.1. The van der Waals surface area contributed by atoms with E-state index in [1.165, 1.54) is 9.13 Å². The maximum absolute atomic E-state index is 13.7. The number of benzene rings is 1. The molecule has 1 aliphatic heterocycles. The van der Waals surface area contributed by atoms with Crippen molar-refractivity contribution in [1.82, 2.24) is 24.0 Å². The van der Waals surface area contributed by atoms with Crippen LogP contribution in [0.4, 0.5) is 10.7 Å². The normalized spacial score (nSPS) is 15.7. The van der Waals surface area contributed by atoms with Crippen molar-refractivity contribution in [3.63, 3.8) is 0 Å². The van der Waals surface area contributed by atoms with Crippen molar-refractivity contribution in [2.45, 2.75) is 65.3 Å². The maximum Gasteiger partial charge on any atom is 0.407 e. The van der Waals surface area contributed by atoms with Crippen molar-refractivity contribution in [3.05, 3.63) is 55.7 Å². The van der Waals surface area contributed by atoms with Crippen LogP contribution in [-0.4, -0.2) is 49.5 Å². The number of anilines is 1. The molecule has 1 fully saturated rings. The Bertz CT molecular complexity index is 1520. The summed E-state index contributed by atoms with van der Waals surface area (Å²) >= 11 is 6.00. The molecule has 0 aliphatic carbocycles. The van der Waals surface area contributed by atoms with Gasteiger partial charge in [0.15, 0.2) is 11.2 Å². The number of fused-ring (bicyclic) bond motifs is 1. The van der Waals surface area contributed by atoms with E-state index in [1.54, 1.807) is 42.8 Å². The van der Waals surface area contributed by atoms with Gasteiger partial charge in [-0.25, -0.2) is 9.59 Å². The van der Waals surface area contributed by atoms with Gasteiger partial charge in [0.25, 0.3) is 5.56 Å². The van der Waals surface area contributed by atoms with Crippen LogP contribution in [0.25, 0.3) is 11.2 Å². The number of alkyl carbamates (subject to hydrolysis) is 1. The molecule has 1 aromatic carbocycles. The summed E-state index contributed by atoms with van der Waals surface area (Å²) in [5.74, 6) is 6.45. The highest BCUT2D eigenvalue weighted by Crippen LogP contribution is 2.23. The smallest absolute Gasteiger partial charge is 0.407 e. The molecule has 0 spiro atoms. The van der Waals surface area contributed by atoms with Crippen molar-refractivity contribution < 1.29 is 9.53 Å². The fraction of sp³-hybridized carbons (Fsp3) is 0.481. The van der Waals surface area contributed by atoms with E-state index < -0.39 is 22.9 Å². The first kappa shape index (κ1) is 27.3. The number of piperidine rings is 1. The minimum atomic E-state index is -0.595. The second-order valence-electron chi connectivity index (χ2n) is 10.4. The maximum atomic E-state index is 13.7. The summed E-state index contributed by atoms with van der Waals surface area (Å²) in [5, 5.41) is 3.52. The van der Waals surface area contributed by atoms with Crippen LogP contribution in [0.3, 0.4) is 0 Å². The number of rotatable bonds is 5. The highest BCUT2D eigenvalue weighted by atomic mass is 35.5. The van der Waals surface area contributed by atoms with E-state index in [9.17, 15) is 14.4 Å². The van der Waals surface area contributed by atoms with Gasteiger partial charge in [-0.2, -0.15) is 4.98 Å². The molecule has 3 heterocycles. The van der Waals surface area contributed by atoms with Crippen LogP contribution in [-0.2, 0) is 24.9 Å². The number of carbonyl (C=O) groups excluding carboxylic acids is 1. The largest absolute Gasteiger partial charge is 0.444 e. The first-order valence-corrected chi connectivity index (χ1v) is 12.9. The third-order valence-electron chi connectivity index (χ3n) is 6.31. The van der Waals surface area contributed by atoms with Gasteiger partial charge in [0, 0.05) is 31.2 Å². The van der Waals surface area contributed by atoms with Crippen molar-refractivity contribution >= 4 is 34.8 Å². The van der Waals surface area contributed by atoms with E-state index in [2.05, 4.69) is 17.2 Å². The molecule has 1 saturated heterocycles. The topological polar surface area (TPSA) is 103 Å². The zero-order valence-electron chi connectivity index (χ0n) is 22.4. The van der Waals surface area contributed by atoms with Crippen LogP contribution >= 0.6 is 11.6 Å². The first-order chi connectivity index (χ1) is 18.0. The minimum absolute atomic E-state index is 0.101. The molecule has 11 heteroatoms. The van der Waals surface area contributed by atoms with E-state index in [4.69, 9.17) is 21.3 Å². The molecule has 10 nitrogen and oxygen atoms in total. The van der Waals surface area contributed by atoms with Crippen LogP contribution in [0.1, 0.15) is 46.1 Å². The molecule has 4 rings (SSSR count). The number of hydrogen-bond donors (Lipinski definition) is 1. The third kappa shape index (κ3) is 5.89. The molecule has 0 unspecified atom stereocenters. The molecule has 0 radical (unpaired) electrons. The van der Waals surface area contributed by atoms with Crippen LogP contribution in [0.5, 0.6) is 0 Å². The predicted octanol–water partition coefficient (Wildman–Crippen LogP) is 3.12. The summed E-state index contributed by atoms with van der Waals surface area (Å²) in [7, 11) is 1.61. The molecular weight excluding hydrogens is 508 g/mol. The first-order valence-electron chi connectivity index (χ1n) is 12.6. The Morgan fingerprint density at radius 1 is 1.21 bits per heavy atom. The molecule has 1 aliphatic rings. The van der Waals surface area contributed by atoms with Crippen molar-refractivity contribution in [3.8, 4) is 11.8 Å². The summed E-state index contributed by atoms with van der Waals surface area (Å²) in [4.78, 5) is 46.1. The van der Waals surface area contributed by atoms with Gasteiger partial charge in [0.2, 0.25) is 5.95 Å². The Morgan fingerprint density at radius 2 is 1.92 bits per heavy atom. The monoisotopic (exact) mass is 540 g/mol. The second kappa shape index (κ2) is 11.0. The number of amides is 1. The van der Waals surface area contributed by atoms with Gasteiger partial charge in [-0.1, -0.05) is 29.7 Å². The Kier molecular flexibility index (Phi) is 7.88. The summed E-state index contributed by atoms with van der Waals surface area (Å²) in [6.45, 7) is 8.69. The van der Waals surface area contributed by atoms with Crippen molar-refractivity contribution in [2.75, 3.05) is 18.0 Å². The standard InChI is InChI=1S/C27H33ClN6O4/c1-6-7-15-33-21-22(31(5)26(37)34(23(21)35)16-18-10-12-19(28)13-11-18)30-24(33)32-14-8-9-20(17-32)29-25(36)38-27(2,3)4/h10-13,20H,8-9,14-17H2,1-5H3,(H,29,36)/t20-/m1/s1. The predicted molar refractivity (Wildman–Crippen MR) is 148 cm³/mol. The average Bonchev–Trinajstić information content (AvgIpc) is 3.24. The summed E-state index contributed by atoms with van der Waals surface area (Å²) in [5.41, 5.74) is -0.112. The number of imidazole rings is 1. The van der Waals surface area contributed by atoms with Crippen LogP contribution in [0.2, 0.25) is 5.02 Å². The summed E-state index contributed by atoms with van der Waals surface area (Å²) in [6.07, 6.45) is 1.13. The Labute approximate surface area is 226 Å². The fourth-order valence-electron chi connectivity index (χ4n) is 4.57. The van der Waals surface area contributed by atoms with Gasteiger partial charge < -0.3 is 15.0 Å². The molecule has 2 aromatic heterocycles. The van der Waals surface area contributed by atoms with Crippen LogP contribution in [0.15, 0.2) is 33.9 Å². The van der Waals surface area contributed by atoms with Crippen molar-refractivity contribution in [2.24, 2.45) is 7.05 Å². The van der Waals surface area contributed by atoms with E-state index in [1.807, 2.05) is 25.7 Å². The lowest BCUT2D eigenvalue weighted by Gasteiger charge is -2.34. The Balaban J connectivity index is 1.74. The molecule has 0 bridgehead atoms. The SMILES string of the molecule is CC#CCn1c(N2CCC[C@@H](NC(=O)OC(C)(C)C)C2)nc2c1c(=O)n(Cc1ccc(Cl)cc1)c(=O)n2C. The average molecular weight is 541 g/mol. The molecule has 1 atom stereocenters. The highest BCUT2D eigenvalue weighted by molar-refractivity contribution is 6.30. The molecule has 202 valence electrons. The zero-order chi connectivity index (χ0) is 27.6. The van der Waals surface area contributed by atoms with E-state index in [-0.39, 0.29) is 19.1 Å². The van der Waals surface area contributed by atoms with Gasteiger partial charge in [0.1, 0.15) is 5.60 Å². The second-order valence-corrected chi connectivity index (χ2v) is 10.8. The number of nitrogens with zero attached hydrogens (tertiary/aromatic N) is 5. The number of ether oxygens (including phenoxy) is 1. The third-order valence-corrected chi connectivity index (χ3v) is 6.56. The number of hydrogen-bond acceptors (Lipinski definition) is 6. The van der Waals surface area contributed by atoms with Crippen LogP contribution in [0, 0.1) is 11.8 Å². The number of halogens is 1. The lowest BCUT2D eigenvalue weighted by Crippen LogP contribution is -2.49. The molecule has 38 heavy (non-hydrogen) atoms. The molecule has 1 N–H and O–H groups in total. The molecule has 3 aromatic rings. The minimum Gasteiger partial charge on any atom is -0.444 e. The number of nitrogens with one attached hydrogen (secondary N) is 1. The number of aryl methyl sites for hydroxylation is 1. The van der Waals surface area contributed by atoms with Gasteiger partial charge in [-0.05, 0) is 58.2 Å². The number of aromatic nitrogens is 4. The quantitative estimate of drug-likeness (QED) is 0.499. The van der Waals surface area contributed by atoms with Gasteiger partial charge in [0.05, 0.1) is 13.1 Å². The van der Waals surface area contributed by atoms with E-state index in [0.717, 1.165) is 18.4 Å². The van der Waals surface area contributed by atoms with Crippen molar-refractivity contribution in [1.29, 1.82) is 0 Å².